The van der Waals surface area contributed by atoms with Gasteiger partial charge in [0.25, 0.3) is 0 Å². The Balaban J connectivity index is 4.32. The van der Waals surface area contributed by atoms with Crippen LogP contribution in [0.4, 0.5) is 0 Å². The lowest BCUT2D eigenvalue weighted by Gasteiger charge is -2.36. The van der Waals surface area contributed by atoms with Crippen molar-refractivity contribution in [3.8, 4) is 0 Å². The number of rotatable bonds is 8. The molecule has 0 saturated carbocycles. The van der Waals surface area contributed by atoms with Crippen molar-refractivity contribution in [3.05, 3.63) is 12.3 Å². The molecule has 0 aromatic rings. The van der Waals surface area contributed by atoms with E-state index >= 15 is 0 Å². The lowest BCUT2D eigenvalue weighted by molar-refractivity contribution is -0.122. The zero-order chi connectivity index (χ0) is 13.5. The predicted octanol–water partition coefficient (Wildman–Crippen LogP) is 2.47. The van der Waals surface area contributed by atoms with Gasteiger partial charge >= 0.3 is 0 Å². The zero-order valence-corrected chi connectivity index (χ0v) is 11.8. The van der Waals surface area contributed by atoms with Crippen molar-refractivity contribution in [2.45, 2.75) is 59.0 Å². The van der Waals surface area contributed by atoms with E-state index in [4.69, 9.17) is 14.2 Å². The van der Waals surface area contributed by atoms with Gasteiger partial charge in [0, 0.05) is 19.3 Å². The first-order chi connectivity index (χ1) is 7.74. The van der Waals surface area contributed by atoms with E-state index in [0.717, 1.165) is 0 Å². The maximum absolute atomic E-state index is 9.90. The highest BCUT2D eigenvalue weighted by Crippen LogP contribution is 2.25. The molecule has 0 spiro atoms. The van der Waals surface area contributed by atoms with Crippen LogP contribution in [0.3, 0.4) is 0 Å². The highest BCUT2D eigenvalue weighted by molar-refractivity contribution is 4.91. The maximum Gasteiger partial charge on any atom is 0.179 e. The Morgan fingerprint density at radius 1 is 1.06 bits per heavy atom. The number of aliphatic hydroxyl groups is 1. The maximum atomic E-state index is 9.90. The van der Waals surface area contributed by atoms with E-state index in [9.17, 15) is 5.11 Å². The van der Waals surface area contributed by atoms with Gasteiger partial charge in [-0.15, -0.1) is 0 Å². The van der Waals surface area contributed by atoms with Gasteiger partial charge in [0.2, 0.25) is 0 Å². The van der Waals surface area contributed by atoms with Gasteiger partial charge in [-0.05, 0) is 41.5 Å². The van der Waals surface area contributed by atoms with E-state index in [1.165, 1.54) is 6.26 Å². The fourth-order valence-electron chi connectivity index (χ4n) is 0.905. The Bertz CT molecular complexity index is 222. The van der Waals surface area contributed by atoms with Gasteiger partial charge in [0.05, 0.1) is 11.9 Å². The summed E-state index contributed by atoms with van der Waals surface area (Å²) in [5, 5.41) is 9.90. The van der Waals surface area contributed by atoms with E-state index < -0.39 is 17.5 Å². The first-order valence-electron chi connectivity index (χ1n) is 6.04. The standard InChI is InChI=1S/C13H26O4/c1-7-15-11(16-8-2)9-10-17-13(5,6)12(3,4)14/h9-11,14H,7-8H2,1-6H3. The average Bonchev–Trinajstić information content (AvgIpc) is 2.16. The molecule has 0 aromatic carbocycles. The van der Waals surface area contributed by atoms with Crippen LogP contribution in [0.1, 0.15) is 41.5 Å². The molecule has 0 rings (SSSR count). The molecule has 102 valence electrons. The Morgan fingerprint density at radius 3 is 1.88 bits per heavy atom. The number of hydrogen-bond acceptors (Lipinski definition) is 4. The number of ether oxygens (including phenoxy) is 3. The molecular formula is C13H26O4. The van der Waals surface area contributed by atoms with E-state index in [1.54, 1.807) is 19.9 Å². The molecule has 17 heavy (non-hydrogen) atoms. The SMILES string of the molecule is CCOC(C=COC(C)(C)C(C)(C)O)OCC. The summed E-state index contributed by atoms with van der Waals surface area (Å²) in [5.41, 5.74) is -1.60. The van der Waals surface area contributed by atoms with Crippen molar-refractivity contribution in [2.75, 3.05) is 13.2 Å². The Hall–Kier alpha value is -0.580. The number of hydrogen-bond donors (Lipinski definition) is 1. The van der Waals surface area contributed by atoms with Crippen molar-refractivity contribution in [1.82, 2.24) is 0 Å². The molecule has 0 radical (unpaired) electrons. The topological polar surface area (TPSA) is 47.9 Å². The monoisotopic (exact) mass is 246 g/mol. The lowest BCUT2D eigenvalue weighted by atomic mass is 9.90. The molecule has 4 nitrogen and oxygen atoms in total. The quantitative estimate of drug-likeness (QED) is 0.528. The highest BCUT2D eigenvalue weighted by atomic mass is 16.7. The second kappa shape index (κ2) is 6.99. The van der Waals surface area contributed by atoms with Crippen molar-refractivity contribution in [2.24, 2.45) is 0 Å². The summed E-state index contributed by atoms with van der Waals surface area (Å²) in [6.45, 7) is 12.0. The normalized spacial score (nSPS) is 13.6. The third-order valence-electron chi connectivity index (χ3n) is 2.73. The van der Waals surface area contributed by atoms with Crippen molar-refractivity contribution in [3.63, 3.8) is 0 Å². The minimum Gasteiger partial charge on any atom is -0.493 e. The minimum atomic E-state index is -0.927. The molecule has 0 unspecified atom stereocenters. The summed E-state index contributed by atoms with van der Waals surface area (Å²) in [6, 6.07) is 0. The van der Waals surface area contributed by atoms with Crippen LogP contribution in [0.25, 0.3) is 0 Å². The van der Waals surface area contributed by atoms with Crippen molar-refractivity contribution >= 4 is 0 Å². The summed E-state index contributed by atoms with van der Waals surface area (Å²) in [7, 11) is 0. The fraction of sp³-hybridized carbons (Fsp3) is 0.846. The van der Waals surface area contributed by atoms with Gasteiger partial charge in [0.1, 0.15) is 5.60 Å². The van der Waals surface area contributed by atoms with Gasteiger partial charge in [0.15, 0.2) is 6.29 Å². The largest absolute Gasteiger partial charge is 0.493 e. The lowest BCUT2D eigenvalue weighted by Crippen LogP contribution is -2.46. The van der Waals surface area contributed by atoms with Gasteiger partial charge in [-0.25, -0.2) is 0 Å². The molecule has 0 fully saturated rings. The highest BCUT2D eigenvalue weighted by Gasteiger charge is 2.36. The van der Waals surface area contributed by atoms with Crippen LogP contribution in [0.5, 0.6) is 0 Å². The first kappa shape index (κ1) is 16.4. The van der Waals surface area contributed by atoms with E-state index in [1.807, 2.05) is 27.7 Å². The third-order valence-corrected chi connectivity index (χ3v) is 2.73. The first-order valence-corrected chi connectivity index (χ1v) is 6.04. The van der Waals surface area contributed by atoms with Crippen LogP contribution >= 0.6 is 0 Å². The minimum absolute atomic E-state index is 0.400. The molecule has 0 amide bonds. The Kier molecular flexibility index (Phi) is 6.75. The van der Waals surface area contributed by atoms with Crippen LogP contribution < -0.4 is 0 Å². The van der Waals surface area contributed by atoms with Gasteiger partial charge in [-0.2, -0.15) is 0 Å². The molecular weight excluding hydrogens is 220 g/mol. The van der Waals surface area contributed by atoms with Crippen molar-refractivity contribution < 1.29 is 19.3 Å². The van der Waals surface area contributed by atoms with E-state index in [2.05, 4.69) is 0 Å². The summed E-state index contributed by atoms with van der Waals surface area (Å²) in [4.78, 5) is 0. The summed E-state index contributed by atoms with van der Waals surface area (Å²) < 4.78 is 16.2. The third kappa shape index (κ3) is 6.05. The predicted molar refractivity (Wildman–Crippen MR) is 67.6 cm³/mol. The van der Waals surface area contributed by atoms with E-state index in [0.29, 0.717) is 13.2 Å². The molecule has 0 heterocycles. The molecule has 0 bridgehead atoms. The molecule has 0 aliphatic carbocycles. The van der Waals surface area contributed by atoms with Crippen molar-refractivity contribution in [1.29, 1.82) is 0 Å². The van der Waals surface area contributed by atoms with Crippen LogP contribution in [0.15, 0.2) is 12.3 Å². The summed E-state index contributed by atoms with van der Waals surface area (Å²) >= 11 is 0. The average molecular weight is 246 g/mol. The van der Waals surface area contributed by atoms with Gasteiger partial charge in [-0.1, -0.05) is 0 Å². The van der Waals surface area contributed by atoms with E-state index in [-0.39, 0.29) is 0 Å². The molecule has 0 saturated heterocycles. The van der Waals surface area contributed by atoms with Crippen LogP contribution in [0.2, 0.25) is 0 Å². The second-order valence-electron chi connectivity index (χ2n) is 4.79. The molecule has 0 aliphatic rings. The Labute approximate surface area is 105 Å². The fourth-order valence-corrected chi connectivity index (χ4v) is 0.905. The van der Waals surface area contributed by atoms with Crippen LogP contribution in [-0.2, 0) is 14.2 Å². The molecule has 0 aliphatic heterocycles. The van der Waals surface area contributed by atoms with Gasteiger partial charge < -0.3 is 19.3 Å². The van der Waals surface area contributed by atoms with Crippen LogP contribution in [-0.4, -0.2) is 35.8 Å². The molecule has 1 N–H and O–H groups in total. The molecule has 0 aromatic heterocycles. The van der Waals surface area contributed by atoms with Crippen LogP contribution in [0, 0.1) is 0 Å². The summed E-state index contributed by atoms with van der Waals surface area (Å²) in [5.74, 6) is 0. The smallest absolute Gasteiger partial charge is 0.179 e. The molecule has 4 heteroatoms. The Morgan fingerprint density at radius 2 is 1.53 bits per heavy atom. The second-order valence-corrected chi connectivity index (χ2v) is 4.79. The molecule has 0 atom stereocenters. The summed E-state index contributed by atoms with van der Waals surface area (Å²) in [6.07, 6.45) is 2.82. The zero-order valence-electron chi connectivity index (χ0n) is 11.8. The van der Waals surface area contributed by atoms with Gasteiger partial charge in [-0.3, -0.25) is 0 Å².